The van der Waals surface area contributed by atoms with Gasteiger partial charge in [-0.3, -0.25) is 0 Å². The molecule has 100 valence electrons. The van der Waals surface area contributed by atoms with Gasteiger partial charge in [0, 0.05) is 0 Å². The van der Waals surface area contributed by atoms with E-state index in [1.165, 1.54) is 47.6 Å². The molecule has 1 N–H and O–H groups in total. The van der Waals surface area contributed by atoms with Crippen molar-refractivity contribution in [3.63, 3.8) is 0 Å². The number of benzene rings is 2. The summed E-state index contributed by atoms with van der Waals surface area (Å²) in [7, 11) is 0. The number of hydrogen-bond donors (Lipinski definition) is 1. The topological polar surface area (TPSA) is 20.2 Å². The van der Waals surface area contributed by atoms with Crippen LogP contribution in [0, 0.1) is 0 Å². The molecule has 0 aliphatic heterocycles. The minimum absolute atomic E-state index is 0.364. The molecule has 0 aromatic heterocycles. The van der Waals surface area contributed by atoms with Crippen LogP contribution in [0.2, 0.25) is 0 Å². The molecular weight excluding hydrogens is 232 g/mol. The third-order valence-electron chi connectivity index (χ3n) is 4.37. The molecule has 0 radical (unpaired) electrons. The van der Waals surface area contributed by atoms with Crippen molar-refractivity contribution >= 4 is 10.8 Å². The number of phenols is 1. The number of aromatic hydroxyl groups is 1. The van der Waals surface area contributed by atoms with Crippen LogP contribution in [0.25, 0.3) is 10.8 Å². The Labute approximate surface area is 115 Å². The van der Waals surface area contributed by atoms with Crippen molar-refractivity contribution < 1.29 is 5.11 Å². The molecule has 0 spiro atoms. The lowest BCUT2D eigenvalue weighted by molar-refractivity contribution is 0.466. The van der Waals surface area contributed by atoms with Crippen LogP contribution in [0.4, 0.5) is 0 Å². The van der Waals surface area contributed by atoms with Gasteiger partial charge in [-0.15, -0.1) is 0 Å². The standard InChI is InChI=1S/C18H22O/c1-12(2)16-10-14-9-8-13-6-4-3-5-7-15(13)17(14)11-18(16)19/h8-12,19H,3-7H2,1-2H3. The average molecular weight is 254 g/mol. The zero-order chi connectivity index (χ0) is 13.4. The zero-order valence-electron chi connectivity index (χ0n) is 11.9. The molecule has 2 aromatic rings. The maximum Gasteiger partial charge on any atom is 0.119 e. The maximum absolute atomic E-state index is 10.3. The first-order valence-electron chi connectivity index (χ1n) is 7.44. The Kier molecular flexibility index (Phi) is 3.22. The Bertz CT molecular complexity index is 611. The van der Waals surface area contributed by atoms with Gasteiger partial charge in [0.1, 0.15) is 5.75 Å². The van der Waals surface area contributed by atoms with E-state index in [0.717, 1.165) is 12.0 Å². The first kappa shape index (κ1) is 12.5. The fraction of sp³-hybridized carbons (Fsp3) is 0.444. The molecule has 1 aliphatic rings. The molecular formula is C18H22O. The van der Waals surface area contributed by atoms with Crippen molar-refractivity contribution in [1.82, 2.24) is 0 Å². The van der Waals surface area contributed by atoms with E-state index in [1.807, 2.05) is 6.07 Å². The number of rotatable bonds is 1. The highest BCUT2D eigenvalue weighted by molar-refractivity contribution is 5.89. The molecule has 3 rings (SSSR count). The maximum atomic E-state index is 10.3. The number of phenolic OH excluding ortho intramolecular Hbond substituents is 1. The van der Waals surface area contributed by atoms with Crippen LogP contribution in [-0.2, 0) is 12.8 Å². The summed E-state index contributed by atoms with van der Waals surface area (Å²) < 4.78 is 0. The minimum atomic E-state index is 0.364. The molecule has 0 fully saturated rings. The minimum Gasteiger partial charge on any atom is -0.508 e. The number of aryl methyl sites for hydroxylation is 2. The fourth-order valence-corrected chi connectivity index (χ4v) is 3.27. The predicted molar refractivity (Wildman–Crippen MR) is 81.0 cm³/mol. The van der Waals surface area contributed by atoms with Crippen molar-refractivity contribution in [3.05, 3.63) is 41.0 Å². The Morgan fingerprint density at radius 1 is 1.00 bits per heavy atom. The molecule has 2 aromatic carbocycles. The third kappa shape index (κ3) is 2.22. The van der Waals surface area contributed by atoms with E-state index in [4.69, 9.17) is 0 Å². The van der Waals surface area contributed by atoms with Crippen LogP contribution < -0.4 is 0 Å². The van der Waals surface area contributed by atoms with E-state index in [9.17, 15) is 5.11 Å². The lowest BCUT2D eigenvalue weighted by Gasteiger charge is -2.14. The van der Waals surface area contributed by atoms with Crippen LogP contribution in [0.1, 0.15) is 55.7 Å². The van der Waals surface area contributed by atoms with Crippen LogP contribution in [0.15, 0.2) is 24.3 Å². The second-order valence-corrected chi connectivity index (χ2v) is 6.05. The molecule has 1 nitrogen and oxygen atoms in total. The van der Waals surface area contributed by atoms with Gasteiger partial charge in [-0.2, -0.15) is 0 Å². The van der Waals surface area contributed by atoms with Gasteiger partial charge in [0.25, 0.3) is 0 Å². The molecule has 0 unspecified atom stereocenters. The molecule has 0 amide bonds. The van der Waals surface area contributed by atoms with Crippen molar-refractivity contribution in [1.29, 1.82) is 0 Å². The SMILES string of the molecule is CC(C)c1cc2ccc3c(c2cc1O)CCCCC3. The molecule has 0 heterocycles. The summed E-state index contributed by atoms with van der Waals surface area (Å²) in [6, 6.07) is 8.68. The van der Waals surface area contributed by atoms with Crippen LogP contribution >= 0.6 is 0 Å². The van der Waals surface area contributed by atoms with Crippen molar-refractivity contribution in [2.45, 2.75) is 51.9 Å². The Morgan fingerprint density at radius 2 is 1.79 bits per heavy atom. The monoisotopic (exact) mass is 254 g/mol. The van der Waals surface area contributed by atoms with E-state index >= 15 is 0 Å². The first-order valence-corrected chi connectivity index (χ1v) is 7.44. The normalized spacial score (nSPS) is 15.5. The van der Waals surface area contributed by atoms with E-state index in [1.54, 1.807) is 0 Å². The van der Waals surface area contributed by atoms with Crippen molar-refractivity contribution in [3.8, 4) is 5.75 Å². The summed E-state index contributed by atoms with van der Waals surface area (Å²) in [6.45, 7) is 4.26. The highest BCUT2D eigenvalue weighted by atomic mass is 16.3. The van der Waals surface area contributed by atoms with Gasteiger partial charge in [-0.1, -0.05) is 32.4 Å². The van der Waals surface area contributed by atoms with E-state index in [-0.39, 0.29) is 0 Å². The van der Waals surface area contributed by atoms with Gasteiger partial charge >= 0.3 is 0 Å². The van der Waals surface area contributed by atoms with Crippen LogP contribution in [-0.4, -0.2) is 5.11 Å². The lowest BCUT2D eigenvalue weighted by atomic mass is 9.92. The summed E-state index contributed by atoms with van der Waals surface area (Å²) in [4.78, 5) is 0. The molecule has 0 bridgehead atoms. The Balaban J connectivity index is 2.23. The highest BCUT2D eigenvalue weighted by Crippen LogP contribution is 2.35. The summed E-state index contributed by atoms with van der Waals surface area (Å²) in [5.74, 6) is 0.823. The largest absolute Gasteiger partial charge is 0.508 e. The Hall–Kier alpha value is -1.50. The van der Waals surface area contributed by atoms with Gasteiger partial charge in [-0.25, -0.2) is 0 Å². The smallest absolute Gasteiger partial charge is 0.119 e. The second kappa shape index (κ2) is 4.88. The lowest BCUT2D eigenvalue weighted by Crippen LogP contribution is -1.95. The number of fused-ring (bicyclic) bond motifs is 3. The molecule has 0 atom stereocenters. The van der Waals surface area contributed by atoms with Crippen molar-refractivity contribution in [2.75, 3.05) is 0 Å². The van der Waals surface area contributed by atoms with Gasteiger partial charge in [0.15, 0.2) is 0 Å². The predicted octanol–water partition coefficient (Wildman–Crippen LogP) is 4.94. The van der Waals surface area contributed by atoms with Crippen LogP contribution in [0.3, 0.4) is 0 Å². The second-order valence-electron chi connectivity index (χ2n) is 6.05. The van der Waals surface area contributed by atoms with E-state index in [0.29, 0.717) is 11.7 Å². The van der Waals surface area contributed by atoms with Gasteiger partial charge in [0.05, 0.1) is 0 Å². The summed E-state index contributed by atoms with van der Waals surface area (Å²) in [5, 5.41) is 12.8. The quantitative estimate of drug-likeness (QED) is 0.715. The van der Waals surface area contributed by atoms with Gasteiger partial charge in [-0.05, 0) is 71.2 Å². The highest BCUT2D eigenvalue weighted by Gasteiger charge is 2.14. The Morgan fingerprint density at radius 3 is 2.58 bits per heavy atom. The number of hydrogen-bond acceptors (Lipinski definition) is 1. The summed E-state index contributed by atoms with van der Waals surface area (Å²) in [6.07, 6.45) is 6.25. The van der Waals surface area contributed by atoms with Gasteiger partial charge < -0.3 is 5.11 Å². The summed E-state index contributed by atoms with van der Waals surface area (Å²) in [5.41, 5.74) is 4.02. The molecule has 1 aliphatic carbocycles. The third-order valence-corrected chi connectivity index (χ3v) is 4.37. The average Bonchev–Trinajstić information content (AvgIpc) is 2.63. The molecule has 19 heavy (non-hydrogen) atoms. The molecule has 1 heteroatoms. The zero-order valence-corrected chi connectivity index (χ0v) is 11.9. The first-order chi connectivity index (χ1) is 9.16. The van der Waals surface area contributed by atoms with Crippen LogP contribution in [0.5, 0.6) is 5.75 Å². The van der Waals surface area contributed by atoms with E-state index in [2.05, 4.69) is 32.0 Å². The van der Waals surface area contributed by atoms with E-state index < -0.39 is 0 Å². The molecule has 0 saturated heterocycles. The molecule has 0 saturated carbocycles. The fourth-order valence-electron chi connectivity index (χ4n) is 3.27. The van der Waals surface area contributed by atoms with Crippen molar-refractivity contribution in [2.24, 2.45) is 0 Å². The van der Waals surface area contributed by atoms with Gasteiger partial charge in [0.2, 0.25) is 0 Å². The summed E-state index contributed by atoms with van der Waals surface area (Å²) >= 11 is 0.